The number of amides is 1. The van der Waals surface area contributed by atoms with Crippen LogP contribution in [0.4, 0.5) is 5.69 Å². The molecule has 1 saturated heterocycles. The van der Waals surface area contributed by atoms with E-state index in [1.165, 1.54) is 42.8 Å². The highest BCUT2D eigenvalue weighted by Gasteiger charge is 2.26. The maximum atomic E-state index is 12.1. The van der Waals surface area contributed by atoms with Crippen molar-refractivity contribution in [3.8, 4) is 17.0 Å². The number of aryl methyl sites for hydroxylation is 1. The van der Waals surface area contributed by atoms with Crippen LogP contribution in [-0.2, 0) is 24.3 Å². The summed E-state index contributed by atoms with van der Waals surface area (Å²) in [5.41, 5.74) is 5.72. The second-order valence-electron chi connectivity index (χ2n) is 10.6. The van der Waals surface area contributed by atoms with Crippen LogP contribution in [-0.4, -0.2) is 71.9 Å². The number of benzene rings is 2. The van der Waals surface area contributed by atoms with Gasteiger partial charge in [0.25, 0.3) is 0 Å². The van der Waals surface area contributed by atoms with Crippen LogP contribution in [0.1, 0.15) is 43.9 Å². The summed E-state index contributed by atoms with van der Waals surface area (Å²) in [7, 11) is 1.75. The molecule has 0 saturated carbocycles. The Morgan fingerprint density at radius 1 is 0.923 bits per heavy atom. The Morgan fingerprint density at radius 3 is 2.36 bits per heavy atom. The number of halogens is 1. The fourth-order valence-electron chi connectivity index (χ4n) is 5.84. The lowest BCUT2D eigenvalue weighted by molar-refractivity contribution is -0.129. The van der Waals surface area contributed by atoms with Crippen LogP contribution >= 0.6 is 11.6 Å². The molecular weight excluding hydrogens is 510 g/mol. The number of piperazine rings is 1. The topological polar surface area (TPSA) is 53.8 Å². The third-order valence-electron chi connectivity index (χ3n) is 8.09. The molecule has 7 nitrogen and oxygen atoms in total. The first kappa shape index (κ1) is 27.5. The summed E-state index contributed by atoms with van der Waals surface area (Å²) in [4.78, 5) is 19.0. The summed E-state index contributed by atoms with van der Waals surface area (Å²) in [6.45, 7) is 9.42. The van der Waals surface area contributed by atoms with Gasteiger partial charge < -0.3 is 14.5 Å². The van der Waals surface area contributed by atoms with Gasteiger partial charge in [-0.3, -0.25) is 14.4 Å². The summed E-state index contributed by atoms with van der Waals surface area (Å²) in [6.07, 6.45) is 5.64. The lowest BCUT2D eigenvalue weighted by atomic mass is 10.0. The molecule has 3 heterocycles. The molecule has 2 aromatic carbocycles. The molecule has 0 bridgehead atoms. The molecule has 1 aromatic heterocycles. The minimum absolute atomic E-state index is 0.122. The maximum absolute atomic E-state index is 12.1. The van der Waals surface area contributed by atoms with E-state index in [-0.39, 0.29) is 5.91 Å². The molecule has 2 aliphatic heterocycles. The molecule has 208 valence electrons. The second kappa shape index (κ2) is 12.9. The molecule has 0 atom stereocenters. The maximum Gasteiger partial charge on any atom is 0.219 e. The van der Waals surface area contributed by atoms with Crippen LogP contribution in [0.3, 0.4) is 0 Å². The van der Waals surface area contributed by atoms with Crippen molar-refractivity contribution >= 4 is 23.2 Å². The quantitative estimate of drug-likeness (QED) is 0.313. The normalized spacial score (nSPS) is 15.9. The van der Waals surface area contributed by atoms with E-state index in [0.29, 0.717) is 6.54 Å². The lowest BCUT2D eigenvalue weighted by Gasteiger charge is -2.36. The van der Waals surface area contributed by atoms with Crippen molar-refractivity contribution in [2.75, 3.05) is 51.3 Å². The van der Waals surface area contributed by atoms with Gasteiger partial charge in [-0.15, -0.1) is 0 Å². The molecule has 0 radical (unpaired) electrons. The zero-order valence-corrected chi connectivity index (χ0v) is 24.0. The van der Waals surface area contributed by atoms with Gasteiger partial charge in [0.15, 0.2) is 0 Å². The van der Waals surface area contributed by atoms with Crippen molar-refractivity contribution in [3.05, 3.63) is 64.8 Å². The largest absolute Gasteiger partial charge is 0.495 e. The number of aromatic nitrogens is 2. The van der Waals surface area contributed by atoms with Gasteiger partial charge >= 0.3 is 0 Å². The fourth-order valence-corrected chi connectivity index (χ4v) is 5.96. The van der Waals surface area contributed by atoms with Gasteiger partial charge in [-0.25, -0.2) is 0 Å². The number of carbonyl (C=O) groups is 1. The van der Waals surface area contributed by atoms with Gasteiger partial charge in [-0.05, 0) is 43.7 Å². The van der Waals surface area contributed by atoms with Crippen LogP contribution in [0.25, 0.3) is 11.3 Å². The van der Waals surface area contributed by atoms with Crippen LogP contribution in [0, 0.1) is 0 Å². The van der Waals surface area contributed by atoms with Crippen LogP contribution in [0.2, 0.25) is 5.02 Å². The van der Waals surface area contributed by atoms with Gasteiger partial charge in [0, 0.05) is 81.0 Å². The summed E-state index contributed by atoms with van der Waals surface area (Å²) in [5.74, 6) is 1.08. The van der Waals surface area contributed by atoms with Gasteiger partial charge in [0.2, 0.25) is 5.91 Å². The average Bonchev–Trinajstić information content (AvgIpc) is 3.33. The van der Waals surface area contributed by atoms with E-state index in [0.717, 1.165) is 74.1 Å². The zero-order chi connectivity index (χ0) is 27.2. The third kappa shape index (κ3) is 6.59. The SMILES string of the molecule is COc1ccccc1N1CCN(CCCCCCn2nc(-c3ccc(Cl)cc3)c3c2CCN(C(C)=O)C3)CC1. The van der Waals surface area contributed by atoms with Crippen molar-refractivity contribution in [2.45, 2.75) is 52.1 Å². The van der Waals surface area contributed by atoms with Crippen molar-refractivity contribution in [1.29, 1.82) is 0 Å². The van der Waals surface area contributed by atoms with Crippen LogP contribution in [0.15, 0.2) is 48.5 Å². The number of hydrogen-bond donors (Lipinski definition) is 0. The second-order valence-corrected chi connectivity index (χ2v) is 11.0. The highest BCUT2D eigenvalue weighted by molar-refractivity contribution is 6.30. The minimum Gasteiger partial charge on any atom is -0.495 e. The first-order chi connectivity index (χ1) is 19.0. The highest BCUT2D eigenvalue weighted by atomic mass is 35.5. The molecule has 1 amide bonds. The lowest BCUT2D eigenvalue weighted by Crippen LogP contribution is -2.46. The molecule has 8 heteroatoms. The van der Waals surface area contributed by atoms with Gasteiger partial charge in [-0.1, -0.05) is 48.7 Å². The Hall–Kier alpha value is -3.03. The summed E-state index contributed by atoms with van der Waals surface area (Å²) in [5, 5.41) is 5.75. The van der Waals surface area contributed by atoms with Gasteiger partial charge in [-0.2, -0.15) is 5.10 Å². The molecule has 3 aromatic rings. The number of ether oxygens (including phenoxy) is 1. The average molecular weight is 550 g/mol. The summed E-state index contributed by atoms with van der Waals surface area (Å²) < 4.78 is 7.75. The number of anilines is 1. The first-order valence-electron chi connectivity index (χ1n) is 14.2. The Kier molecular flexibility index (Phi) is 9.09. The molecule has 0 aliphatic carbocycles. The number of unbranched alkanes of at least 4 members (excludes halogenated alkanes) is 3. The van der Waals surface area contributed by atoms with E-state index >= 15 is 0 Å². The number of hydrogen-bond acceptors (Lipinski definition) is 5. The predicted octanol–water partition coefficient (Wildman–Crippen LogP) is 5.50. The third-order valence-corrected chi connectivity index (χ3v) is 8.34. The van der Waals surface area contributed by atoms with E-state index in [1.807, 2.05) is 41.3 Å². The molecule has 2 aliphatic rings. The van der Waals surface area contributed by atoms with Gasteiger partial charge in [0.05, 0.1) is 18.5 Å². The minimum atomic E-state index is 0.122. The molecule has 1 fully saturated rings. The highest BCUT2D eigenvalue weighted by Crippen LogP contribution is 2.31. The van der Waals surface area contributed by atoms with E-state index in [4.69, 9.17) is 21.4 Å². The Bertz CT molecular complexity index is 1250. The van der Waals surface area contributed by atoms with E-state index in [9.17, 15) is 4.79 Å². The van der Waals surface area contributed by atoms with Crippen molar-refractivity contribution < 1.29 is 9.53 Å². The zero-order valence-electron chi connectivity index (χ0n) is 23.2. The Labute approximate surface area is 237 Å². The number of para-hydroxylation sites is 2. The summed E-state index contributed by atoms with van der Waals surface area (Å²) in [6, 6.07) is 16.2. The van der Waals surface area contributed by atoms with E-state index < -0.39 is 0 Å². The molecule has 39 heavy (non-hydrogen) atoms. The first-order valence-corrected chi connectivity index (χ1v) is 14.6. The number of nitrogens with zero attached hydrogens (tertiary/aromatic N) is 5. The Morgan fingerprint density at radius 2 is 1.64 bits per heavy atom. The van der Waals surface area contributed by atoms with Crippen LogP contribution in [0.5, 0.6) is 5.75 Å². The molecule has 5 rings (SSSR count). The van der Waals surface area contributed by atoms with Gasteiger partial charge in [0.1, 0.15) is 5.75 Å². The predicted molar refractivity (Wildman–Crippen MR) is 158 cm³/mol. The monoisotopic (exact) mass is 549 g/mol. The van der Waals surface area contributed by atoms with Crippen molar-refractivity contribution in [2.24, 2.45) is 0 Å². The van der Waals surface area contributed by atoms with E-state index in [1.54, 1.807) is 14.0 Å². The molecular formula is C31H40ClN5O2. The standard InChI is InChI=1S/C31H40ClN5O2/c1-24(38)36-18-15-28-27(23-36)31(25-11-13-26(32)14-12-25)33-37(28)17-8-4-3-7-16-34-19-21-35(22-20-34)29-9-5-6-10-30(29)39-2/h5-6,9-14H,3-4,7-8,15-23H2,1-2H3. The van der Waals surface area contributed by atoms with E-state index in [2.05, 4.69) is 26.6 Å². The summed E-state index contributed by atoms with van der Waals surface area (Å²) >= 11 is 6.13. The fraction of sp³-hybridized carbons (Fsp3) is 0.484. The molecule has 0 unspecified atom stereocenters. The number of carbonyl (C=O) groups excluding carboxylic acids is 1. The Balaban J connectivity index is 1.09. The van der Waals surface area contributed by atoms with Crippen LogP contribution < -0.4 is 9.64 Å². The number of fused-ring (bicyclic) bond motifs is 1. The number of methoxy groups -OCH3 is 1. The number of rotatable bonds is 10. The van der Waals surface area contributed by atoms with Crippen molar-refractivity contribution in [3.63, 3.8) is 0 Å². The van der Waals surface area contributed by atoms with Crippen molar-refractivity contribution in [1.82, 2.24) is 19.6 Å². The molecule has 0 spiro atoms. The molecule has 0 N–H and O–H groups in total. The smallest absolute Gasteiger partial charge is 0.219 e.